The number of rotatable bonds is 5. The van der Waals surface area contributed by atoms with Crippen LogP contribution in [-0.4, -0.2) is 50.8 Å². The van der Waals surface area contributed by atoms with E-state index in [1.54, 1.807) is 20.2 Å². The number of aryl methyl sites for hydroxylation is 2. The van der Waals surface area contributed by atoms with Crippen molar-refractivity contribution >= 4 is 44.4 Å². The predicted molar refractivity (Wildman–Crippen MR) is 139 cm³/mol. The Morgan fingerprint density at radius 3 is 2.74 bits per heavy atom. The van der Waals surface area contributed by atoms with Gasteiger partial charge in [-0.15, -0.1) is 11.3 Å². The lowest BCUT2D eigenvalue weighted by atomic mass is 10.1. The average Bonchev–Trinajstić information content (AvgIpc) is 3.53. The van der Waals surface area contributed by atoms with E-state index in [9.17, 15) is 9.18 Å². The van der Waals surface area contributed by atoms with Crippen molar-refractivity contribution in [2.24, 2.45) is 0 Å². The van der Waals surface area contributed by atoms with Gasteiger partial charge >= 0.3 is 6.09 Å². The average molecular weight is 533 g/mol. The number of aromatic nitrogens is 5. The summed E-state index contributed by atoms with van der Waals surface area (Å²) >= 11 is 1.44. The highest BCUT2D eigenvalue weighted by molar-refractivity contribution is 7.22. The number of anilines is 1. The van der Waals surface area contributed by atoms with Crippen LogP contribution in [0.1, 0.15) is 17.0 Å². The molecule has 0 saturated heterocycles. The third kappa shape index (κ3) is 4.43. The Hall–Kier alpha value is -4.45. The molecule has 1 atom stereocenters. The van der Waals surface area contributed by atoms with E-state index in [1.165, 1.54) is 29.8 Å². The summed E-state index contributed by atoms with van der Waals surface area (Å²) < 4.78 is 32.2. The first-order valence-electron chi connectivity index (χ1n) is 11.7. The van der Waals surface area contributed by atoms with E-state index in [0.29, 0.717) is 50.9 Å². The molecular formula is C26H21FN6O4S. The maximum absolute atomic E-state index is 15.0. The number of carbonyl (C=O) groups excluding carboxylic acids is 1. The summed E-state index contributed by atoms with van der Waals surface area (Å²) in [5, 5.41) is 3.26. The first kappa shape index (κ1) is 23.9. The summed E-state index contributed by atoms with van der Waals surface area (Å²) in [4.78, 5) is 34.0. The molecule has 4 heterocycles. The molecule has 0 fully saturated rings. The van der Waals surface area contributed by atoms with Crippen molar-refractivity contribution in [1.29, 1.82) is 0 Å². The largest absolute Gasteiger partial charge is 0.483 e. The maximum atomic E-state index is 15.0. The number of nitrogens with zero attached hydrogens (tertiary/aromatic N) is 5. The van der Waals surface area contributed by atoms with Gasteiger partial charge in [-0.2, -0.15) is 0 Å². The van der Waals surface area contributed by atoms with E-state index in [1.807, 2.05) is 19.1 Å². The SMILES string of the molecule is COc1cnc2c(-c3nc4cc(F)c5c(c4s3)CC(COC(=O)Nc3cnc(C)nc3)O5)cc(C)cc2n1. The van der Waals surface area contributed by atoms with Crippen LogP contribution in [0.3, 0.4) is 0 Å². The third-order valence-corrected chi connectivity index (χ3v) is 7.20. The number of carbonyl (C=O) groups is 1. The van der Waals surface area contributed by atoms with Gasteiger partial charge in [-0.3, -0.25) is 5.32 Å². The number of fused-ring (bicyclic) bond motifs is 4. The second-order valence-electron chi connectivity index (χ2n) is 8.81. The molecule has 1 unspecified atom stereocenters. The minimum atomic E-state index is -0.674. The number of amides is 1. The summed E-state index contributed by atoms with van der Waals surface area (Å²) in [6, 6.07) is 5.29. The number of methoxy groups -OCH3 is 1. The predicted octanol–water partition coefficient (Wildman–Crippen LogP) is 5.01. The van der Waals surface area contributed by atoms with E-state index < -0.39 is 18.0 Å². The lowest BCUT2D eigenvalue weighted by Gasteiger charge is -2.12. The van der Waals surface area contributed by atoms with E-state index in [2.05, 4.69) is 25.3 Å². The first-order valence-corrected chi connectivity index (χ1v) is 12.5. The highest BCUT2D eigenvalue weighted by Gasteiger charge is 2.31. The summed E-state index contributed by atoms with van der Waals surface area (Å²) in [5.74, 6) is 0.660. The highest BCUT2D eigenvalue weighted by Crippen LogP contribution is 2.43. The Labute approximate surface area is 219 Å². The van der Waals surface area contributed by atoms with Gasteiger partial charge in [-0.1, -0.05) is 0 Å². The number of thiazole rings is 1. The van der Waals surface area contributed by atoms with Gasteiger partial charge in [-0.25, -0.2) is 34.1 Å². The van der Waals surface area contributed by atoms with E-state index in [4.69, 9.17) is 19.2 Å². The van der Waals surface area contributed by atoms with Gasteiger partial charge < -0.3 is 14.2 Å². The molecule has 3 aromatic heterocycles. The Bertz CT molecular complexity index is 1710. The molecule has 1 aliphatic heterocycles. The molecule has 0 saturated carbocycles. The molecule has 6 rings (SSSR count). The van der Waals surface area contributed by atoms with Crippen LogP contribution in [0.15, 0.2) is 36.8 Å². The number of benzene rings is 2. The normalized spacial score (nSPS) is 14.4. The number of nitrogens with one attached hydrogen (secondary N) is 1. The molecule has 0 bridgehead atoms. The lowest BCUT2D eigenvalue weighted by molar-refractivity contribution is 0.100. The highest BCUT2D eigenvalue weighted by atomic mass is 32.1. The van der Waals surface area contributed by atoms with Gasteiger partial charge in [0, 0.05) is 23.6 Å². The Balaban J connectivity index is 1.25. The molecule has 192 valence electrons. The van der Waals surface area contributed by atoms with Crippen molar-refractivity contribution < 1.29 is 23.4 Å². The van der Waals surface area contributed by atoms with Crippen molar-refractivity contribution in [2.75, 3.05) is 19.0 Å². The molecule has 5 aromatic rings. The van der Waals surface area contributed by atoms with Gasteiger partial charge in [0.05, 0.1) is 52.6 Å². The van der Waals surface area contributed by atoms with Gasteiger partial charge in [0.1, 0.15) is 23.5 Å². The summed E-state index contributed by atoms with van der Waals surface area (Å²) in [5.41, 5.74) is 4.80. The summed E-state index contributed by atoms with van der Waals surface area (Å²) in [6.07, 6.45) is 3.70. The molecule has 1 amide bonds. The second kappa shape index (κ2) is 9.45. The van der Waals surface area contributed by atoms with Gasteiger partial charge in [0.15, 0.2) is 11.6 Å². The molecule has 0 radical (unpaired) electrons. The monoisotopic (exact) mass is 532 g/mol. The van der Waals surface area contributed by atoms with Crippen LogP contribution in [0.2, 0.25) is 0 Å². The zero-order valence-electron chi connectivity index (χ0n) is 20.6. The number of ether oxygens (including phenoxy) is 3. The Morgan fingerprint density at radius 1 is 1.13 bits per heavy atom. The minimum absolute atomic E-state index is 0.0558. The van der Waals surface area contributed by atoms with Crippen LogP contribution in [0.25, 0.3) is 31.8 Å². The molecule has 0 aliphatic carbocycles. The van der Waals surface area contributed by atoms with Crippen LogP contribution in [0.4, 0.5) is 14.9 Å². The maximum Gasteiger partial charge on any atom is 0.411 e. The molecular weight excluding hydrogens is 511 g/mol. The molecule has 12 heteroatoms. The van der Waals surface area contributed by atoms with Crippen molar-refractivity contribution in [2.45, 2.75) is 26.4 Å². The molecule has 2 aromatic carbocycles. The summed E-state index contributed by atoms with van der Waals surface area (Å²) in [6.45, 7) is 3.66. The smallest absolute Gasteiger partial charge is 0.411 e. The van der Waals surface area contributed by atoms with Crippen molar-refractivity contribution in [3.63, 3.8) is 0 Å². The lowest BCUT2D eigenvalue weighted by Crippen LogP contribution is -2.25. The standard InChI is InChI=1S/C26H21FN6O4S/c1-12-4-16(22-19(5-12)32-21(35-3)10-30-22)25-33-20-7-18(27)23-17(24(20)38-25)6-15(37-23)11-36-26(34)31-14-8-28-13(2)29-9-14/h4-5,7-10,15H,6,11H2,1-3H3,(H,31,34). The van der Waals surface area contributed by atoms with Crippen LogP contribution < -0.4 is 14.8 Å². The molecule has 1 aliphatic rings. The topological polar surface area (TPSA) is 121 Å². The second-order valence-corrected chi connectivity index (χ2v) is 9.81. The zero-order valence-corrected chi connectivity index (χ0v) is 21.4. The Morgan fingerprint density at radius 2 is 1.95 bits per heavy atom. The fourth-order valence-electron chi connectivity index (χ4n) is 4.32. The van der Waals surface area contributed by atoms with Crippen LogP contribution in [0, 0.1) is 19.7 Å². The summed E-state index contributed by atoms with van der Waals surface area (Å²) in [7, 11) is 1.54. The molecule has 10 nitrogen and oxygen atoms in total. The van der Waals surface area contributed by atoms with Crippen molar-refractivity contribution in [3.8, 4) is 22.2 Å². The van der Waals surface area contributed by atoms with Crippen LogP contribution in [-0.2, 0) is 11.2 Å². The van der Waals surface area contributed by atoms with Gasteiger partial charge in [0.25, 0.3) is 0 Å². The third-order valence-electron chi connectivity index (χ3n) is 6.03. The van der Waals surface area contributed by atoms with E-state index in [-0.39, 0.29) is 12.4 Å². The Kier molecular flexibility index (Phi) is 5.95. The quantitative estimate of drug-likeness (QED) is 0.333. The number of halogens is 1. The minimum Gasteiger partial charge on any atom is -0.483 e. The van der Waals surface area contributed by atoms with Crippen molar-refractivity contribution in [3.05, 3.63) is 59.6 Å². The van der Waals surface area contributed by atoms with Crippen LogP contribution in [0.5, 0.6) is 11.6 Å². The number of hydrogen-bond donors (Lipinski definition) is 1. The zero-order chi connectivity index (χ0) is 26.4. The first-order chi connectivity index (χ1) is 18.4. The fraction of sp³-hybridized carbons (Fsp3) is 0.231. The van der Waals surface area contributed by atoms with Gasteiger partial charge in [-0.05, 0) is 31.5 Å². The molecule has 38 heavy (non-hydrogen) atoms. The molecule has 0 spiro atoms. The van der Waals surface area contributed by atoms with E-state index >= 15 is 0 Å². The van der Waals surface area contributed by atoms with E-state index in [0.717, 1.165) is 15.8 Å². The number of hydrogen-bond acceptors (Lipinski definition) is 10. The van der Waals surface area contributed by atoms with Crippen LogP contribution >= 0.6 is 11.3 Å². The van der Waals surface area contributed by atoms with Gasteiger partial charge in [0.2, 0.25) is 5.88 Å². The van der Waals surface area contributed by atoms with Crippen molar-refractivity contribution in [1.82, 2.24) is 24.9 Å². The fourth-order valence-corrected chi connectivity index (χ4v) is 5.44. The molecule has 1 N–H and O–H groups in total.